The molecule has 5 nitrogen and oxygen atoms in total. The van der Waals surface area contributed by atoms with Gasteiger partial charge in [-0.05, 0) is 34.5 Å². The Morgan fingerprint density at radius 2 is 2.09 bits per heavy atom. The number of hydrogen-bond donors (Lipinski definition) is 1. The number of aromatic nitrogens is 1. The van der Waals surface area contributed by atoms with Crippen molar-refractivity contribution < 1.29 is 19.4 Å². The minimum Gasteiger partial charge on any atom is -0.503 e. The Labute approximate surface area is 136 Å². The first-order valence-corrected chi connectivity index (χ1v) is 7.18. The summed E-state index contributed by atoms with van der Waals surface area (Å²) in [7, 11) is 1.40. The number of halogens is 1. The largest absolute Gasteiger partial charge is 0.503 e. The molecule has 22 heavy (non-hydrogen) atoms. The van der Waals surface area contributed by atoms with Gasteiger partial charge in [-0.15, -0.1) is 0 Å². The lowest BCUT2D eigenvalue weighted by Crippen LogP contribution is -2.03. The SMILES string of the molecule is CO/C=C(/C(=O)O)c1cccc(C)c1Oc1ccc(Br)cn1. The smallest absolute Gasteiger partial charge is 0.339 e. The minimum absolute atomic E-state index is 0.0123. The molecule has 0 aliphatic carbocycles. The number of carboxylic acid groups (broad SMARTS) is 1. The maximum atomic E-state index is 11.4. The normalized spacial score (nSPS) is 11.1. The van der Waals surface area contributed by atoms with Gasteiger partial charge in [0.1, 0.15) is 11.3 Å². The zero-order chi connectivity index (χ0) is 16.1. The van der Waals surface area contributed by atoms with Crippen molar-refractivity contribution in [2.45, 2.75) is 6.92 Å². The Hall–Kier alpha value is -2.34. The summed E-state index contributed by atoms with van der Waals surface area (Å²) in [5.74, 6) is -0.287. The molecule has 0 spiro atoms. The monoisotopic (exact) mass is 363 g/mol. The van der Waals surface area contributed by atoms with E-state index in [9.17, 15) is 9.90 Å². The molecule has 1 N–H and O–H groups in total. The molecule has 6 heteroatoms. The first-order chi connectivity index (χ1) is 10.5. The zero-order valence-corrected chi connectivity index (χ0v) is 13.6. The van der Waals surface area contributed by atoms with Crippen molar-refractivity contribution in [2.75, 3.05) is 7.11 Å². The lowest BCUT2D eigenvalue weighted by molar-refractivity contribution is -0.130. The number of hydrogen-bond acceptors (Lipinski definition) is 4. The highest BCUT2D eigenvalue weighted by Gasteiger charge is 2.18. The van der Waals surface area contributed by atoms with Gasteiger partial charge in [-0.25, -0.2) is 9.78 Å². The highest BCUT2D eigenvalue weighted by atomic mass is 79.9. The van der Waals surface area contributed by atoms with Crippen LogP contribution in [0.1, 0.15) is 11.1 Å². The molecule has 0 fully saturated rings. The molecule has 0 atom stereocenters. The number of pyridine rings is 1. The Morgan fingerprint density at radius 1 is 1.32 bits per heavy atom. The quantitative estimate of drug-likeness (QED) is 0.641. The number of nitrogens with zero attached hydrogens (tertiary/aromatic N) is 1. The van der Waals surface area contributed by atoms with Crippen LogP contribution in [0, 0.1) is 6.92 Å². The van der Waals surface area contributed by atoms with Crippen LogP contribution in [0.25, 0.3) is 5.57 Å². The van der Waals surface area contributed by atoms with E-state index in [0.717, 1.165) is 10.0 Å². The highest BCUT2D eigenvalue weighted by molar-refractivity contribution is 9.10. The molecular formula is C16H14BrNO4. The Kier molecular flexibility index (Phi) is 5.16. The molecule has 0 radical (unpaired) electrons. The number of benzene rings is 1. The van der Waals surface area contributed by atoms with Gasteiger partial charge < -0.3 is 14.6 Å². The highest BCUT2D eigenvalue weighted by Crippen LogP contribution is 2.33. The molecule has 0 saturated carbocycles. The van der Waals surface area contributed by atoms with Gasteiger partial charge in [0.2, 0.25) is 5.88 Å². The van der Waals surface area contributed by atoms with Crippen LogP contribution in [0.15, 0.2) is 47.3 Å². The molecule has 0 saturated heterocycles. The van der Waals surface area contributed by atoms with E-state index in [1.165, 1.54) is 13.4 Å². The van der Waals surface area contributed by atoms with Gasteiger partial charge in [-0.2, -0.15) is 0 Å². The average molecular weight is 364 g/mol. The number of aliphatic carboxylic acids is 1. The van der Waals surface area contributed by atoms with E-state index in [0.29, 0.717) is 17.2 Å². The summed E-state index contributed by atoms with van der Waals surface area (Å²) in [5.41, 5.74) is 1.24. The molecule has 1 aromatic carbocycles. The molecule has 114 valence electrons. The van der Waals surface area contributed by atoms with Crippen LogP contribution < -0.4 is 4.74 Å². The van der Waals surface area contributed by atoms with Crippen LogP contribution in [0.5, 0.6) is 11.6 Å². The standard InChI is InChI=1S/C16H14BrNO4/c1-10-4-3-5-12(13(9-21-2)16(19)20)15(10)22-14-7-6-11(17)8-18-14/h3-9H,1-2H3,(H,19,20)/b13-9+. The molecule has 1 aromatic heterocycles. The number of ether oxygens (including phenoxy) is 2. The number of aryl methyl sites for hydroxylation is 1. The van der Waals surface area contributed by atoms with E-state index in [2.05, 4.69) is 20.9 Å². The maximum absolute atomic E-state index is 11.4. The minimum atomic E-state index is -1.10. The van der Waals surface area contributed by atoms with Crippen LogP contribution in [-0.2, 0) is 9.53 Å². The summed E-state index contributed by atoms with van der Waals surface area (Å²) in [4.78, 5) is 15.6. The number of rotatable bonds is 5. The molecule has 2 rings (SSSR count). The Bertz CT molecular complexity index is 711. The van der Waals surface area contributed by atoms with Crippen molar-refractivity contribution in [3.05, 3.63) is 58.4 Å². The van der Waals surface area contributed by atoms with E-state index in [-0.39, 0.29) is 5.57 Å². The van der Waals surface area contributed by atoms with Crippen LogP contribution in [0.2, 0.25) is 0 Å². The number of methoxy groups -OCH3 is 1. The average Bonchev–Trinajstić information content (AvgIpc) is 2.49. The summed E-state index contributed by atoms with van der Waals surface area (Å²) >= 11 is 3.30. The van der Waals surface area contributed by atoms with Crippen LogP contribution in [0.4, 0.5) is 0 Å². The summed E-state index contributed by atoms with van der Waals surface area (Å²) in [6.07, 6.45) is 2.79. The summed E-state index contributed by atoms with van der Waals surface area (Å²) < 4.78 is 11.5. The van der Waals surface area contributed by atoms with Gasteiger partial charge >= 0.3 is 5.97 Å². The first-order valence-electron chi connectivity index (χ1n) is 6.38. The number of carbonyl (C=O) groups is 1. The number of carboxylic acids is 1. The first kappa shape index (κ1) is 16.0. The van der Waals surface area contributed by atoms with Crippen molar-refractivity contribution in [2.24, 2.45) is 0 Å². The fraction of sp³-hybridized carbons (Fsp3) is 0.125. The molecule has 0 aliphatic heterocycles. The van der Waals surface area contributed by atoms with Crippen molar-refractivity contribution in [1.82, 2.24) is 4.98 Å². The van der Waals surface area contributed by atoms with Gasteiger partial charge in [0, 0.05) is 22.3 Å². The van der Waals surface area contributed by atoms with Crippen LogP contribution in [0.3, 0.4) is 0 Å². The second kappa shape index (κ2) is 7.09. The molecule has 2 aromatic rings. The molecule has 0 unspecified atom stereocenters. The summed E-state index contributed by atoms with van der Waals surface area (Å²) in [6, 6.07) is 8.76. The molecule has 1 heterocycles. The molecule has 0 bridgehead atoms. The lowest BCUT2D eigenvalue weighted by atomic mass is 10.0. The predicted molar refractivity (Wildman–Crippen MR) is 85.8 cm³/mol. The maximum Gasteiger partial charge on any atom is 0.339 e. The topological polar surface area (TPSA) is 68.7 Å². The van der Waals surface area contributed by atoms with Crippen molar-refractivity contribution in [3.63, 3.8) is 0 Å². The third-order valence-corrected chi connectivity index (χ3v) is 3.34. The van der Waals surface area contributed by atoms with Gasteiger partial charge in [0.25, 0.3) is 0 Å². The van der Waals surface area contributed by atoms with Crippen LogP contribution in [-0.4, -0.2) is 23.2 Å². The van der Waals surface area contributed by atoms with Crippen molar-refractivity contribution in [1.29, 1.82) is 0 Å². The lowest BCUT2D eigenvalue weighted by Gasteiger charge is -2.13. The van der Waals surface area contributed by atoms with Gasteiger partial charge in [0.15, 0.2) is 0 Å². The van der Waals surface area contributed by atoms with E-state index in [1.54, 1.807) is 30.5 Å². The van der Waals surface area contributed by atoms with Gasteiger partial charge in [-0.3, -0.25) is 0 Å². The zero-order valence-electron chi connectivity index (χ0n) is 12.0. The van der Waals surface area contributed by atoms with E-state index in [4.69, 9.17) is 9.47 Å². The van der Waals surface area contributed by atoms with E-state index in [1.807, 2.05) is 13.0 Å². The van der Waals surface area contributed by atoms with Crippen molar-refractivity contribution in [3.8, 4) is 11.6 Å². The fourth-order valence-electron chi connectivity index (χ4n) is 1.87. The third kappa shape index (κ3) is 3.65. The molecular weight excluding hydrogens is 350 g/mol. The van der Waals surface area contributed by atoms with Gasteiger partial charge in [-0.1, -0.05) is 18.2 Å². The fourth-order valence-corrected chi connectivity index (χ4v) is 2.11. The Balaban J connectivity index is 2.48. The second-order valence-electron chi connectivity index (χ2n) is 4.44. The number of para-hydroxylation sites is 1. The van der Waals surface area contributed by atoms with Crippen molar-refractivity contribution >= 4 is 27.5 Å². The second-order valence-corrected chi connectivity index (χ2v) is 5.36. The molecule has 0 amide bonds. The molecule has 0 aliphatic rings. The van der Waals surface area contributed by atoms with E-state index < -0.39 is 5.97 Å². The van der Waals surface area contributed by atoms with Crippen LogP contribution >= 0.6 is 15.9 Å². The van der Waals surface area contributed by atoms with E-state index >= 15 is 0 Å². The van der Waals surface area contributed by atoms with Gasteiger partial charge in [0.05, 0.1) is 13.4 Å². The summed E-state index contributed by atoms with van der Waals surface area (Å²) in [5, 5.41) is 9.35. The summed E-state index contributed by atoms with van der Waals surface area (Å²) in [6.45, 7) is 1.84. The predicted octanol–water partition coefficient (Wildman–Crippen LogP) is 4.02. The third-order valence-electron chi connectivity index (χ3n) is 2.88. The Morgan fingerprint density at radius 3 is 2.68 bits per heavy atom.